The quantitative estimate of drug-likeness (QED) is 0.456. The van der Waals surface area contributed by atoms with Crippen molar-refractivity contribution < 1.29 is 0 Å². The third kappa shape index (κ3) is 6.96. The molecule has 0 bridgehead atoms. The Morgan fingerprint density at radius 2 is 2.17 bits per heavy atom. The highest BCUT2D eigenvalue weighted by atomic mass is 35.5. The van der Waals surface area contributed by atoms with E-state index in [-0.39, 0.29) is 12.4 Å². The zero-order valence-corrected chi connectivity index (χ0v) is 7.51. The lowest BCUT2D eigenvalue weighted by molar-refractivity contribution is 0.900. The first-order valence-electron chi connectivity index (χ1n) is 3.03. The van der Waals surface area contributed by atoms with Crippen molar-refractivity contribution in [3.05, 3.63) is 30.1 Å². The Balaban J connectivity index is 0. The van der Waals surface area contributed by atoms with Crippen LogP contribution in [0.3, 0.4) is 0 Å². The van der Waals surface area contributed by atoms with Gasteiger partial charge in [-0.25, -0.2) is 4.98 Å². The number of pyridine rings is 1. The molecule has 5 heteroatoms. The van der Waals surface area contributed by atoms with Crippen LogP contribution >= 0.6 is 12.4 Å². The van der Waals surface area contributed by atoms with Crippen LogP contribution in [0.1, 0.15) is 5.69 Å². The molecule has 0 fully saturated rings. The molecule has 0 amide bonds. The SMILES string of the molecule is CNN.Cl.N#Cc1ccccn1. The molecule has 1 aromatic rings. The third-order valence-electron chi connectivity index (χ3n) is 0.779. The number of halogens is 1. The van der Waals surface area contributed by atoms with Crippen LogP contribution in [-0.2, 0) is 0 Å². The minimum atomic E-state index is 0. The summed E-state index contributed by atoms with van der Waals surface area (Å²) in [4.78, 5) is 3.74. The second-order valence-electron chi connectivity index (χ2n) is 1.62. The van der Waals surface area contributed by atoms with Crippen LogP contribution in [-0.4, -0.2) is 12.0 Å². The summed E-state index contributed by atoms with van der Waals surface area (Å²) in [6, 6.07) is 7.14. The molecule has 0 unspecified atom stereocenters. The van der Waals surface area contributed by atoms with Crippen LogP contribution in [0.4, 0.5) is 0 Å². The molecule has 1 heterocycles. The summed E-state index contributed by atoms with van der Waals surface area (Å²) in [7, 11) is 1.65. The average molecular weight is 187 g/mol. The highest BCUT2D eigenvalue weighted by molar-refractivity contribution is 5.85. The summed E-state index contributed by atoms with van der Waals surface area (Å²) >= 11 is 0. The normalized spacial score (nSPS) is 6.75. The van der Waals surface area contributed by atoms with E-state index in [1.807, 2.05) is 6.07 Å². The second-order valence-corrected chi connectivity index (χ2v) is 1.62. The van der Waals surface area contributed by atoms with Crippen LogP contribution < -0.4 is 11.3 Å². The van der Waals surface area contributed by atoms with Gasteiger partial charge in [0, 0.05) is 6.20 Å². The molecule has 0 spiro atoms. The minimum Gasteiger partial charge on any atom is -0.272 e. The molecule has 0 atom stereocenters. The van der Waals surface area contributed by atoms with E-state index in [4.69, 9.17) is 5.26 Å². The summed E-state index contributed by atoms with van der Waals surface area (Å²) in [5, 5.41) is 8.23. The van der Waals surface area contributed by atoms with Crippen molar-refractivity contribution in [1.29, 1.82) is 5.26 Å². The predicted molar refractivity (Wildman–Crippen MR) is 49.4 cm³/mol. The molecular formula is C7H11ClN4. The van der Waals surface area contributed by atoms with Gasteiger partial charge in [-0.05, 0) is 19.2 Å². The van der Waals surface area contributed by atoms with E-state index in [2.05, 4.69) is 16.3 Å². The van der Waals surface area contributed by atoms with Crippen molar-refractivity contribution in [1.82, 2.24) is 10.4 Å². The van der Waals surface area contributed by atoms with Crippen molar-refractivity contribution in [2.24, 2.45) is 5.84 Å². The number of nitrogens with one attached hydrogen (secondary N) is 1. The van der Waals surface area contributed by atoms with Gasteiger partial charge in [0.1, 0.15) is 11.8 Å². The van der Waals surface area contributed by atoms with Crippen molar-refractivity contribution >= 4 is 12.4 Å². The first-order chi connectivity index (χ1) is 5.35. The lowest BCUT2D eigenvalue weighted by Gasteiger charge is -1.79. The fourth-order valence-electron chi connectivity index (χ4n) is 0.429. The molecular weight excluding hydrogens is 176 g/mol. The Bertz CT molecular complexity index is 219. The summed E-state index contributed by atoms with van der Waals surface area (Å²) in [5.74, 6) is 4.60. The number of hydrazine groups is 1. The number of aromatic nitrogens is 1. The van der Waals surface area contributed by atoms with Gasteiger partial charge in [0.15, 0.2) is 0 Å². The van der Waals surface area contributed by atoms with Crippen LogP contribution in [0, 0.1) is 11.3 Å². The largest absolute Gasteiger partial charge is 0.272 e. The van der Waals surface area contributed by atoms with Gasteiger partial charge in [-0.15, -0.1) is 12.4 Å². The van der Waals surface area contributed by atoms with E-state index in [1.54, 1.807) is 31.4 Å². The monoisotopic (exact) mass is 186 g/mol. The fraction of sp³-hybridized carbons (Fsp3) is 0.143. The van der Waals surface area contributed by atoms with Crippen molar-refractivity contribution in [2.75, 3.05) is 7.05 Å². The van der Waals surface area contributed by atoms with Crippen LogP contribution in [0.15, 0.2) is 24.4 Å². The molecule has 4 nitrogen and oxygen atoms in total. The summed E-state index contributed by atoms with van der Waals surface area (Å²) in [6.07, 6.45) is 1.60. The van der Waals surface area contributed by atoms with Crippen LogP contribution in [0.25, 0.3) is 0 Å². The van der Waals surface area contributed by atoms with Gasteiger partial charge < -0.3 is 0 Å². The summed E-state index contributed by atoms with van der Waals surface area (Å²) in [5.41, 5.74) is 2.72. The molecule has 12 heavy (non-hydrogen) atoms. The van der Waals surface area contributed by atoms with Crippen LogP contribution in [0.2, 0.25) is 0 Å². The molecule has 1 rings (SSSR count). The molecule has 3 N–H and O–H groups in total. The Morgan fingerprint density at radius 3 is 2.42 bits per heavy atom. The van der Waals surface area contributed by atoms with E-state index < -0.39 is 0 Å². The molecule has 0 aliphatic rings. The van der Waals surface area contributed by atoms with Gasteiger partial charge in [0.05, 0.1) is 0 Å². The maximum atomic E-state index is 8.23. The maximum Gasteiger partial charge on any atom is 0.140 e. The van der Waals surface area contributed by atoms with E-state index >= 15 is 0 Å². The van der Waals surface area contributed by atoms with Gasteiger partial charge in [0.2, 0.25) is 0 Å². The molecule has 1 aromatic heterocycles. The zero-order valence-electron chi connectivity index (χ0n) is 6.69. The van der Waals surface area contributed by atoms with Crippen molar-refractivity contribution in [2.45, 2.75) is 0 Å². The van der Waals surface area contributed by atoms with E-state index in [1.165, 1.54) is 0 Å². The summed E-state index contributed by atoms with van der Waals surface area (Å²) in [6.45, 7) is 0. The Kier molecular flexibility index (Phi) is 11.0. The van der Waals surface area contributed by atoms with Crippen molar-refractivity contribution in [3.8, 4) is 6.07 Å². The molecule has 66 valence electrons. The average Bonchev–Trinajstić information content (AvgIpc) is 2.08. The fourth-order valence-corrected chi connectivity index (χ4v) is 0.429. The highest BCUT2D eigenvalue weighted by Crippen LogP contribution is 1.86. The first kappa shape index (κ1) is 13.4. The van der Waals surface area contributed by atoms with Gasteiger partial charge in [-0.3, -0.25) is 11.3 Å². The zero-order chi connectivity index (χ0) is 8.53. The molecule has 0 saturated heterocycles. The molecule has 0 aromatic carbocycles. The lowest BCUT2D eigenvalue weighted by Crippen LogP contribution is -2.13. The minimum absolute atomic E-state index is 0. The topological polar surface area (TPSA) is 74.7 Å². The number of hydrogen-bond donors (Lipinski definition) is 2. The third-order valence-corrected chi connectivity index (χ3v) is 0.779. The Morgan fingerprint density at radius 1 is 1.58 bits per heavy atom. The van der Waals surface area contributed by atoms with Crippen LogP contribution in [0.5, 0.6) is 0 Å². The highest BCUT2D eigenvalue weighted by Gasteiger charge is 1.81. The van der Waals surface area contributed by atoms with Gasteiger partial charge in [-0.2, -0.15) is 5.26 Å². The number of hydrogen-bond acceptors (Lipinski definition) is 4. The van der Waals surface area contributed by atoms with Gasteiger partial charge in [0.25, 0.3) is 0 Å². The van der Waals surface area contributed by atoms with Gasteiger partial charge in [-0.1, -0.05) is 6.07 Å². The Hall–Kier alpha value is -1.15. The lowest BCUT2D eigenvalue weighted by atomic mass is 10.4. The number of nitrogens with two attached hydrogens (primary N) is 1. The molecule has 0 aliphatic carbocycles. The second kappa shape index (κ2) is 9.85. The van der Waals surface area contributed by atoms with E-state index in [0.717, 1.165) is 0 Å². The van der Waals surface area contributed by atoms with Gasteiger partial charge >= 0.3 is 0 Å². The molecule has 0 radical (unpaired) electrons. The molecule has 0 aliphatic heterocycles. The Labute approximate surface area is 77.8 Å². The van der Waals surface area contributed by atoms with E-state index in [9.17, 15) is 0 Å². The number of nitrogens with zero attached hydrogens (tertiary/aromatic N) is 2. The smallest absolute Gasteiger partial charge is 0.140 e. The molecule has 0 saturated carbocycles. The predicted octanol–water partition coefficient (Wildman–Crippen LogP) is 0.455. The standard InChI is InChI=1S/C6H4N2.CH6N2.ClH/c7-5-6-3-1-2-4-8-6;1-3-2;/h1-4H;3H,2H2,1H3;1H. The van der Waals surface area contributed by atoms with Crippen molar-refractivity contribution in [3.63, 3.8) is 0 Å². The maximum absolute atomic E-state index is 8.23. The summed E-state index contributed by atoms with van der Waals surface area (Å²) < 4.78 is 0. The number of nitriles is 1. The van der Waals surface area contributed by atoms with E-state index in [0.29, 0.717) is 5.69 Å². The number of rotatable bonds is 0. The first-order valence-corrected chi connectivity index (χ1v) is 3.03.